The van der Waals surface area contributed by atoms with Gasteiger partial charge < -0.3 is 4.90 Å². The minimum absolute atomic E-state index is 0.0640. The summed E-state index contributed by atoms with van der Waals surface area (Å²) in [6.07, 6.45) is 2.82. The van der Waals surface area contributed by atoms with Gasteiger partial charge in [-0.1, -0.05) is 11.6 Å². The Bertz CT molecular complexity index is 457. The van der Waals surface area contributed by atoms with Crippen LogP contribution in [0.25, 0.3) is 0 Å². The van der Waals surface area contributed by atoms with Gasteiger partial charge in [0.05, 0.1) is 0 Å². The molecule has 0 radical (unpaired) electrons. The van der Waals surface area contributed by atoms with Crippen LogP contribution in [0.2, 0.25) is 5.15 Å². The lowest BCUT2D eigenvalue weighted by Gasteiger charge is -2.05. The number of carbonyl (C=O) groups is 1. The summed E-state index contributed by atoms with van der Waals surface area (Å²) in [7, 11) is 3.48. The van der Waals surface area contributed by atoms with Gasteiger partial charge in [-0.05, 0) is 12.1 Å². The van der Waals surface area contributed by atoms with Crippen molar-refractivity contribution in [1.29, 1.82) is 5.26 Å². The third-order valence-electron chi connectivity index (χ3n) is 1.74. The molecule has 0 aliphatic carbocycles. The van der Waals surface area contributed by atoms with E-state index in [1.54, 1.807) is 25.1 Å². The molecule has 5 heteroatoms. The van der Waals surface area contributed by atoms with Crippen molar-refractivity contribution in [2.24, 2.45) is 0 Å². The van der Waals surface area contributed by atoms with E-state index in [2.05, 4.69) is 4.98 Å². The molecule has 1 heterocycles. The van der Waals surface area contributed by atoms with Gasteiger partial charge in [-0.3, -0.25) is 4.79 Å². The summed E-state index contributed by atoms with van der Waals surface area (Å²) >= 11 is 5.60. The maximum Gasteiger partial charge on any atom is 0.206 e. The minimum atomic E-state index is -0.361. The first-order valence-electron chi connectivity index (χ1n) is 4.49. The van der Waals surface area contributed by atoms with Crippen LogP contribution in [0.3, 0.4) is 0 Å². The molecule has 0 amide bonds. The summed E-state index contributed by atoms with van der Waals surface area (Å²) in [6.45, 7) is 0. The van der Waals surface area contributed by atoms with E-state index in [-0.39, 0.29) is 11.4 Å². The fraction of sp³-hybridized carbons (Fsp3) is 0.182. The average molecular weight is 236 g/mol. The molecule has 82 valence electrons. The lowest BCUT2D eigenvalue weighted by atomic mass is 10.1. The van der Waals surface area contributed by atoms with Crippen LogP contribution in [0.4, 0.5) is 0 Å². The zero-order chi connectivity index (χ0) is 12.1. The van der Waals surface area contributed by atoms with E-state index in [9.17, 15) is 4.79 Å². The van der Waals surface area contributed by atoms with Gasteiger partial charge in [0, 0.05) is 32.1 Å². The first-order chi connectivity index (χ1) is 7.54. The monoisotopic (exact) mass is 235 g/mol. The van der Waals surface area contributed by atoms with Crippen LogP contribution in [-0.4, -0.2) is 29.8 Å². The molecular formula is C11H10ClN3O. The summed E-state index contributed by atoms with van der Waals surface area (Å²) < 4.78 is 0. The number of hydrogen-bond acceptors (Lipinski definition) is 4. The molecule has 1 rings (SSSR count). The minimum Gasteiger partial charge on any atom is -0.382 e. The number of nitrogens with zero attached hydrogens (tertiary/aromatic N) is 3. The number of aromatic nitrogens is 1. The molecule has 0 N–H and O–H groups in total. The Morgan fingerprint density at radius 1 is 1.56 bits per heavy atom. The Kier molecular flexibility index (Phi) is 4.03. The third-order valence-corrected chi connectivity index (χ3v) is 1.97. The summed E-state index contributed by atoms with van der Waals surface area (Å²) in [5.41, 5.74) is 0.410. The van der Waals surface area contributed by atoms with Gasteiger partial charge in [0.2, 0.25) is 5.78 Å². The maximum atomic E-state index is 11.8. The molecule has 1 aromatic heterocycles. The van der Waals surface area contributed by atoms with Gasteiger partial charge >= 0.3 is 0 Å². The van der Waals surface area contributed by atoms with E-state index in [0.29, 0.717) is 10.7 Å². The largest absolute Gasteiger partial charge is 0.382 e. The quantitative estimate of drug-likeness (QED) is 0.347. The van der Waals surface area contributed by atoms with Crippen molar-refractivity contribution < 1.29 is 4.79 Å². The Labute approximate surface area is 98.8 Å². The van der Waals surface area contributed by atoms with E-state index in [1.807, 2.05) is 6.07 Å². The fourth-order valence-electron chi connectivity index (χ4n) is 1.06. The van der Waals surface area contributed by atoms with Gasteiger partial charge in [-0.25, -0.2) is 4.98 Å². The molecule has 4 nitrogen and oxygen atoms in total. The average Bonchev–Trinajstić information content (AvgIpc) is 2.25. The van der Waals surface area contributed by atoms with E-state index < -0.39 is 0 Å². The standard InChI is InChI=1S/C11H10ClN3O/c1-15(2)7-9(5-13)11(16)8-3-4-10(12)14-6-8/h3-4,6-7H,1-2H3. The van der Waals surface area contributed by atoms with Gasteiger partial charge in [0.1, 0.15) is 16.8 Å². The number of hydrogen-bond donors (Lipinski definition) is 0. The summed E-state index contributed by atoms with van der Waals surface area (Å²) in [5.74, 6) is -0.361. The number of pyridine rings is 1. The molecule has 0 saturated heterocycles. The second kappa shape index (κ2) is 5.29. The van der Waals surface area contributed by atoms with Gasteiger partial charge in [0.15, 0.2) is 0 Å². The SMILES string of the molecule is CN(C)C=C(C#N)C(=O)c1ccc(Cl)nc1. The molecule has 1 aromatic rings. The van der Waals surface area contributed by atoms with Crippen molar-refractivity contribution >= 4 is 17.4 Å². The number of nitriles is 1. The van der Waals surface area contributed by atoms with E-state index in [4.69, 9.17) is 16.9 Å². The molecule has 0 bridgehead atoms. The van der Waals surface area contributed by atoms with E-state index >= 15 is 0 Å². The normalized spacial score (nSPS) is 10.8. The smallest absolute Gasteiger partial charge is 0.206 e. The molecule has 0 aliphatic heterocycles. The van der Waals surface area contributed by atoms with Crippen molar-refractivity contribution in [3.8, 4) is 6.07 Å². The molecule has 0 fully saturated rings. The molecule has 0 atom stereocenters. The highest BCUT2D eigenvalue weighted by molar-refractivity contribution is 6.29. The Hall–Kier alpha value is -1.86. The molecule has 0 aliphatic rings. The topological polar surface area (TPSA) is 57.0 Å². The zero-order valence-corrected chi connectivity index (χ0v) is 9.69. The van der Waals surface area contributed by atoms with Crippen LogP contribution in [0, 0.1) is 11.3 Å². The highest BCUT2D eigenvalue weighted by atomic mass is 35.5. The molecule has 16 heavy (non-hydrogen) atoms. The summed E-state index contributed by atoms with van der Waals surface area (Å²) in [4.78, 5) is 17.3. The summed E-state index contributed by atoms with van der Waals surface area (Å²) in [5, 5.41) is 9.16. The Morgan fingerprint density at radius 2 is 2.25 bits per heavy atom. The highest BCUT2D eigenvalue weighted by Crippen LogP contribution is 2.10. The Balaban J connectivity index is 3.02. The molecule has 0 aromatic carbocycles. The number of halogens is 1. The molecule has 0 unspecified atom stereocenters. The van der Waals surface area contributed by atoms with Crippen LogP contribution >= 0.6 is 11.6 Å². The highest BCUT2D eigenvalue weighted by Gasteiger charge is 2.12. The van der Waals surface area contributed by atoms with Crippen LogP contribution < -0.4 is 0 Å². The molecular weight excluding hydrogens is 226 g/mol. The van der Waals surface area contributed by atoms with Crippen LogP contribution in [0.15, 0.2) is 30.1 Å². The lowest BCUT2D eigenvalue weighted by molar-refractivity contribution is 0.103. The van der Waals surface area contributed by atoms with Crippen molar-refractivity contribution in [3.05, 3.63) is 40.8 Å². The van der Waals surface area contributed by atoms with Crippen molar-refractivity contribution in [2.45, 2.75) is 0 Å². The van der Waals surface area contributed by atoms with E-state index in [0.717, 1.165) is 0 Å². The second-order valence-electron chi connectivity index (χ2n) is 3.32. The lowest BCUT2D eigenvalue weighted by Crippen LogP contribution is -2.09. The molecule has 0 saturated carbocycles. The zero-order valence-electron chi connectivity index (χ0n) is 8.94. The molecule has 0 spiro atoms. The third kappa shape index (κ3) is 3.07. The fourth-order valence-corrected chi connectivity index (χ4v) is 1.17. The van der Waals surface area contributed by atoms with E-state index in [1.165, 1.54) is 18.5 Å². The number of carbonyl (C=O) groups excluding carboxylic acids is 1. The van der Waals surface area contributed by atoms with Crippen LogP contribution in [0.1, 0.15) is 10.4 Å². The number of Topliss-reactive ketones (excluding diaryl/α,β-unsaturated/α-hetero) is 1. The van der Waals surface area contributed by atoms with Crippen molar-refractivity contribution in [2.75, 3.05) is 14.1 Å². The number of ketones is 1. The predicted octanol–water partition coefficient (Wildman–Crippen LogP) is 1.89. The second-order valence-corrected chi connectivity index (χ2v) is 3.70. The van der Waals surface area contributed by atoms with Crippen molar-refractivity contribution in [1.82, 2.24) is 9.88 Å². The predicted molar refractivity (Wildman–Crippen MR) is 61.0 cm³/mol. The van der Waals surface area contributed by atoms with Gasteiger partial charge in [-0.2, -0.15) is 5.26 Å². The maximum absolute atomic E-state index is 11.8. The van der Waals surface area contributed by atoms with Crippen LogP contribution in [-0.2, 0) is 0 Å². The van der Waals surface area contributed by atoms with Crippen molar-refractivity contribution in [3.63, 3.8) is 0 Å². The van der Waals surface area contributed by atoms with Gasteiger partial charge in [0.25, 0.3) is 0 Å². The Morgan fingerprint density at radius 3 is 2.69 bits per heavy atom. The first kappa shape index (κ1) is 12.2. The summed E-state index contributed by atoms with van der Waals surface area (Å²) in [6, 6.07) is 4.91. The van der Waals surface area contributed by atoms with Gasteiger partial charge in [-0.15, -0.1) is 0 Å². The number of allylic oxidation sites excluding steroid dienone is 1. The number of rotatable bonds is 3. The van der Waals surface area contributed by atoms with Crippen LogP contribution in [0.5, 0.6) is 0 Å². The first-order valence-corrected chi connectivity index (χ1v) is 4.87.